The molecule has 14 heavy (non-hydrogen) atoms. The smallest absolute Gasteiger partial charge is 0.0236 e. The minimum atomic E-state index is 1.13. The van der Waals surface area contributed by atoms with Gasteiger partial charge in [0.05, 0.1) is 0 Å². The molecular weight excluding hydrogens is 170 g/mol. The first kappa shape index (κ1) is 9.72. The van der Waals surface area contributed by atoms with Crippen LogP contribution in [0, 0.1) is 13.3 Å². The lowest BCUT2D eigenvalue weighted by Crippen LogP contribution is -2.29. The van der Waals surface area contributed by atoms with E-state index < -0.39 is 0 Å². The number of aryl methyl sites for hydroxylation is 1. The summed E-state index contributed by atoms with van der Waals surface area (Å²) in [5, 5.41) is 0. The Morgan fingerprint density at radius 2 is 1.86 bits per heavy atom. The number of nitrogens with zero attached hydrogens (tertiary/aromatic N) is 1. The molecule has 1 aliphatic heterocycles. The molecule has 1 nitrogen and oxygen atoms in total. The lowest BCUT2D eigenvalue weighted by Gasteiger charge is -2.26. The molecule has 1 heterocycles. The van der Waals surface area contributed by atoms with Crippen molar-refractivity contribution in [2.24, 2.45) is 0 Å². The van der Waals surface area contributed by atoms with Crippen LogP contribution in [0.5, 0.6) is 0 Å². The van der Waals surface area contributed by atoms with Gasteiger partial charge in [-0.05, 0) is 50.4 Å². The Morgan fingerprint density at radius 1 is 1.14 bits per heavy atom. The average molecular weight is 188 g/mol. The third kappa shape index (κ3) is 2.36. The predicted molar refractivity (Wildman–Crippen MR) is 60.0 cm³/mol. The minimum absolute atomic E-state index is 1.13. The van der Waals surface area contributed by atoms with Gasteiger partial charge in [-0.2, -0.15) is 0 Å². The average Bonchev–Trinajstić information content (AvgIpc) is 2.23. The van der Waals surface area contributed by atoms with Gasteiger partial charge in [0, 0.05) is 6.54 Å². The van der Waals surface area contributed by atoms with Crippen molar-refractivity contribution in [3.8, 4) is 0 Å². The van der Waals surface area contributed by atoms with Crippen molar-refractivity contribution in [2.45, 2.75) is 26.3 Å². The highest BCUT2D eigenvalue weighted by molar-refractivity contribution is 5.25. The predicted octanol–water partition coefficient (Wildman–Crippen LogP) is 2.80. The van der Waals surface area contributed by atoms with E-state index in [-0.39, 0.29) is 0 Å². The summed E-state index contributed by atoms with van der Waals surface area (Å²) in [7, 11) is 0. The molecule has 0 unspecified atom stereocenters. The van der Waals surface area contributed by atoms with Gasteiger partial charge in [0.25, 0.3) is 0 Å². The van der Waals surface area contributed by atoms with Crippen LogP contribution >= 0.6 is 0 Å². The molecule has 0 bridgehead atoms. The highest BCUT2D eigenvalue weighted by atomic mass is 15.1. The molecule has 1 fully saturated rings. The number of rotatable bonds is 2. The second-order valence-electron chi connectivity index (χ2n) is 4.07. The molecule has 0 aliphatic carbocycles. The molecule has 0 N–H and O–H groups in total. The first-order chi connectivity index (χ1) is 6.86. The summed E-state index contributed by atoms with van der Waals surface area (Å²) in [6.07, 6.45) is 4.91. The molecule has 1 saturated heterocycles. The lowest BCUT2D eigenvalue weighted by molar-refractivity contribution is 0.245. The molecule has 1 aromatic rings. The van der Waals surface area contributed by atoms with E-state index in [1.807, 2.05) is 0 Å². The number of likely N-dealkylation sites (tertiary alicyclic amines) is 1. The minimum Gasteiger partial charge on any atom is -0.299 e. The zero-order chi connectivity index (χ0) is 9.80. The highest BCUT2D eigenvalue weighted by Gasteiger charge is 2.10. The van der Waals surface area contributed by atoms with E-state index in [1.165, 1.54) is 37.1 Å². The lowest BCUT2D eigenvalue weighted by atomic mass is 10.1. The molecule has 0 aromatic heterocycles. The summed E-state index contributed by atoms with van der Waals surface area (Å²) in [4.78, 5) is 2.54. The van der Waals surface area contributed by atoms with Crippen molar-refractivity contribution >= 4 is 0 Å². The largest absolute Gasteiger partial charge is 0.299 e. The standard InChI is InChI=1S/C13H18N/c1-12-7-3-4-8-13(12)11-14-9-5-2-6-10-14/h2-4,7-8H,5-6,9-11H2,1H3. The molecular formula is C13H18N. The van der Waals surface area contributed by atoms with Crippen molar-refractivity contribution in [1.29, 1.82) is 0 Å². The fraction of sp³-hybridized carbons (Fsp3) is 0.462. The Kier molecular flexibility index (Phi) is 3.20. The number of benzene rings is 1. The molecule has 0 atom stereocenters. The maximum absolute atomic E-state index is 2.54. The van der Waals surface area contributed by atoms with E-state index in [9.17, 15) is 0 Å². The van der Waals surface area contributed by atoms with E-state index in [0.717, 1.165) is 6.54 Å². The van der Waals surface area contributed by atoms with Gasteiger partial charge in [0.1, 0.15) is 0 Å². The monoisotopic (exact) mass is 188 g/mol. The van der Waals surface area contributed by atoms with Gasteiger partial charge in [-0.25, -0.2) is 0 Å². The van der Waals surface area contributed by atoms with Gasteiger partial charge in [-0.3, -0.25) is 4.90 Å². The fourth-order valence-corrected chi connectivity index (χ4v) is 1.99. The van der Waals surface area contributed by atoms with E-state index in [0.29, 0.717) is 0 Å². The molecule has 1 radical (unpaired) electrons. The summed E-state index contributed by atoms with van der Waals surface area (Å²) < 4.78 is 0. The van der Waals surface area contributed by atoms with Gasteiger partial charge in [-0.15, -0.1) is 0 Å². The van der Waals surface area contributed by atoms with Crippen molar-refractivity contribution in [3.05, 3.63) is 41.8 Å². The molecule has 75 valence electrons. The van der Waals surface area contributed by atoms with E-state index in [2.05, 4.69) is 42.5 Å². The SMILES string of the molecule is Cc1ccccc1CN1CC[CH]CC1. The maximum Gasteiger partial charge on any atom is 0.0236 e. The fourth-order valence-electron chi connectivity index (χ4n) is 1.99. The summed E-state index contributed by atoms with van der Waals surface area (Å²) in [5.74, 6) is 0. The summed E-state index contributed by atoms with van der Waals surface area (Å²) in [6, 6.07) is 8.69. The summed E-state index contributed by atoms with van der Waals surface area (Å²) >= 11 is 0. The van der Waals surface area contributed by atoms with Crippen LogP contribution < -0.4 is 0 Å². The molecule has 1 aliphatic rings. The van der Waals surface area contributed by atoms with E-state index in [1.54, 1.807) is 0 Å². The zero-order valence-corrected chi connectivity index (χ0v) is 8.87. The maximum atomic E-state index is 2.54. The van der Waals surface area contributed by atoms with Gasteiger partial charge in [-0.1, -0.05) is 24.3 Å². The Morgan fingerprint density at radius 3 is 2.57 bits per heavy atom. The van der Waals surface area contributed by atoms with Gasteiger partial charge in [0.2, 0.25) is 0 Å². The van der Waals surface area contributed by atoms with E-state index in [4.69, 9.17) is 0 Å². The van der Waals surface area contributed by atoms with Gasteiger partial charge < -0.3 is 0 Å². The van der Waals surface area contributed by atoms with Crippen molar-refractivity contribution in [2.75, 3.05) is 13.1 Å². The third-order valence-electron chi connectivity index (χ3n) is 2.95. The molecule has 0 spiro atoms. The first-order valence-corrected chi connectivity index (χ1v) is 5.45. The molecule has 1 aromatic carbocycles. The highest BCUT2D eigenvalue weighted by Crippen LogP contribution is 2.14. The van der Waals surface area contributed by atoms with Crippen LogP contribution in [-0.4, -0.2) is 18.0 Å². The van der Waals surface area contributed by atoms with Crippen LogP contribution in [0.25, 0.3) is 0 Å². The Balaban J connectivity index is 1.99. The quantitative estimate of drug-likeness (QED) is 0.690. The van der Waals surface area contributed by atoms with Crippen LogP contribution in [0.15, 0.2) is 24.3 Å². The Hall–Kier alpha value is -0.820. The zero-order valence-electron chi connectivity index (χ0n) is 8.87. The van der Waals surface area contributed by atoms with Crippen LogP contribution in [0.4, 0.5) is 0 Å². The number of hydrogen-bond donors (Lipinski definition) is 0. The molecule has 0 saturated carbocycles. The second-order valence-corrected chi connectivity index (χ2v) is 4.07. The molecule has 2 rings (SSSR count). The van der Waals surface area contributed by atoms with E-state index >= 15 is 0 Å². The Bertz CT molecular complexity index is 287. The van der Waals surface area contributed by atoms with Crippen LogP contribution in [0.1, 0.15) is 24.0 Å². The topological polar surface area (TPSA) is 3.24 Å². The van der Waals surface area contributed by atoms with Gasteiger partial charge >= 0.3 is 0 Å². The number of hydrogen-bond acceptors (Lipinski definition) is 1. The summed E-state index contributed by atoms with van der Waals surface area (Å²) in [5.41, 5.74) is 2.90. The summed E-state index contributed by atoms with van der Waals surface area (Å²) in [6.45, 7) is 5.79. The normalized spacial score (nSPS) is 18.4. The van der Waals surface area contributed by atoms with Crippen LogP contribution in [0.3, 0.4) is 0 Å². The first-order valence-electron chi connectivity index (χ1n) is 5.45. The second kappa shape index (κ2) is 4.61. The molecule has 1 heteroatoms. The van der Waals surface area contributed by atoms with Crippen molar-refractivity contribution < 1.29 is 0 Å². The number of piperidine rings is 1. The Labute approximate surface area is 86.7 Å². The third-order valence-corrected chi connectivity index (χ3v) is 2.95. The van der Waals surface area contributed by atoms with Crippen molar-refractivity contribution in [1.82, 2.24) is 4.90 Å². The van der Waals surface area contributed by atoms with Gasteiger partial charge in [0.15, 0.2) is 0 Å². The van der Waals surface area contributed by atoms with Crippen LogP contribution in [0.2, 0.25) is 0 Å². The van der Waals surface area contributed by atoms with Crippen molar-refractivity contribution in [3.63, 3.8) is 0 Å². The van der Waals surface area contributed by atoms with Crippen LogP contribution in [-0.2, 0) is 6.54 Å². The molecule has 0 amide bonds.